The largest absolute Gasteiger partial charge is 0.493 e. The minimum atomic E-state index is 0.381. The highest BCUT2D eigenvalue weighted by molar-refractivity contribution is 6.32. The molecule has 0 aromatic heterocycles. The normalized spacial score (nSPS) is 11.2. The second kappa shape index (κ2) is 9.60. The SMILES string of the molecule is COc1cc(/C=C(/C#N)c2ccc3ccccc3c2)cc(Cl)c1OCc1ccc(C)cc1. The van der Waals surface area contributed by atoms with E-state index in [1.54, 1.807) is 13.2 Å². The van der Waals surface area contributed by atoms with Crippen LogP contribution >= 0.6 is 11.6 Å². The Bertz CT molecular complexity index is 1330. The number of ether oxygens (including phenoxy) is 2. The first-order valence-electron chi connectivity index (χ1n) is 10.2. The second-order valence-electron chi connectivity index (χ2n) is 7.54. The van der Waals surface area contributed by atoms with Crippen LogP contribution in [0.4, 0.5) is 0 Å². The summed E-state index contributed by atoms with van der Waals surface area (Å²) in [6, 6.07) is 28.1. The molecule has 0 saturated heterocycles. The van der Waals surface area contributed by atoms with Crippen molar-refractivity contribution < 1.29 is 9.47 Å². The van der Waals surface area contributed by atoms with Crippen molar-refractivity contribution in [3.8, 4) is 17.6 Å². The second-order valence-corrected chi connectivity index (χ2v) is 7.95. The maximum absolute atomic E-state index is 9.79. The number of aryl methyl sites for hydroxylation is 1. The zero-order chi connectivity index (χ0) is 22.5. The van der Waals surface area contributed by atoms with Crippen LogP contribution in [0.25, 0.3) is 22.4 Å². The van der Waals surface area contributed by atoms with Crippen molar-refractivity contribution in [3.05, 3.63) is 106 Å². The van der Waals surface area contributed by atoms with Crippen LogP contribution in [0.1, 0.15) is 22.3 Å². The standard InChI is InChI=1S/C28H22ClNO2/c1-19-7-9-20(10-8-19)18-32-28-26(29)14-21(15-27(28)31-2)13-25(17-30)24-12-11-22-5-3-4-6-23(22)16-24/h3-16H,18H2,1-2H3/b25-13-. The molecule has 0 aliphatic carbocycles. The molecule has 3 nitrogen and oxygen atoms in total. The molecule has 158 valence electrons. The van der Waals surface area contributed by atoms with E-state index in [2.05, 4.69) is 12.1 Å². The molecule has 0 amide bonds. The number of allylic oxidation sites excluding steroid dienone is 1. The van der Waals surface area contributed by atoms with Crippen molar-refractivity contribution in [2.24, 2.45) is 0 Å². The van der Waals surface area contributed by atoms with Gasteiger partial charge < -0.3 is 9.47 Å². The van der Waals surface area contributed by atoms with E-state index in [0.29, 0.717) is 28.7 Å². The summed E-state index contributed by atoms with van der Waals surface area (Å²) in [5.74, 6) is 1.00. The Labute approximate surface area is 193 Å². The van der Waals surface area contributed by atoms with Gasteiger partial charge in [0.05, 0.1) is 23.8 Å². The van der Waals surface area contributed by atoms with Gasteiger partial charge in [-0.25, -0.2) is 0 Å². The van der Waals surface area contributed by atoms with E-state index in [1.165, 1.54) is 5.56 Å². The molecule has 0 aliphatic rings. The summed E-state index contributed by atoms with van der Waals surface area (Å²) < 4.78 is 11.5. The third kappa shape index (κ3) is 4.77. The van der Waals surface area contributed by atoms with Gasteiger partial charge >= 0.3 is 0 Å². The average molecular weight is 440 g/mol. The number of fused-ring (bicyclic) bond motifs is 1. The van der Waals surface area contributed by atoms with Crippen molar-refractivity contribution in [1.29, 1.82) is 5.26 Å². The Morgan fingerprint density at radius 3 is 2.44 bits per heavy atom. The number of nitriles is 1. The van der Waals surface area contributed by atoms with Gasteiger partial charge in [-0.3, -0.25) is 0 Å². The van der Waals surface area contributed by atoms with Crippen molar-refractivity contribution in [1.82, 2.24) is 0 Å². The molecule has 0 heterocycles. The fraction of sp³-hybridized carbons (Fsp3) is 0.107. The molecule has 4 heteroatoms. The fourth-order valence-corrected chi connectivity index (χ4v) is 3.78. The Kier molecular flexibility index (Phi) is 6.44. The van der Waals surface area contributed by atoms with Crippen molar-refractivity contribution in [2.45, 2.75) is 13.5 Å². The van der Waals surface area contributed by atoms with Gasteiger partial charge in [0.15, 0.2) is 11.5 Å². The number of nitrogens with zero attached hydrogens (tertiary/aromatic N) is 1. The van der Waals surface area contributed by atoms with E-state index in [-0.39, 0.29) is 0 Å². The molecule has 0 N–H and O–H groups in total. The van der Waals surface area contributed by atoms with Gasteiger partial charge in [0, 0.05) is 0 Å². The van der Waals surface area contributed by atoms with E-state index >= 15 is 0 Å². The average Bonchev–Trinajstić information content (AvgIpc) is 2.82. The molecule has 0 spiro atoms. The highest BCUT2D eigenvalue weighted by Crippen LogP contribution is 2.38. The molecule has 0 fully saturated rings. The van der Waals surface area contributed by atoms with Crippen LogP contribution in [0.3, 0.4) is 0 Å². The summed E-state index contributed by atoms with van der Waals surface area (Å²) in [6.45, 7) is 2.43. The summed E-state index contributed by atoms with van der Waals surface area (Å²) in [5.41, 5.74) is 4.39. The summed E-state index contributed by atoms with van der Waals surface area (Å²) in [4.78, 5) is 0. The van der Waals surface area contributed by atoms with E-state index in [9.17, 15) is 5.26 Å². The maximum Gasteiger partial charge on any atom is 0.180 e. The molecule has 0 atom stereocenters. The number of rotatable bonds is 6. The van der Waals surface area contributed by atoms with Gasteiger partial charge in [-0.1, -0.05) is 77.8 Å². The fourth-order valence-electron chi connectivity index (χ4n) is 3.51. The summed E-state index contributed by atoms with van der Waals surface area (Å²) in [5, 5.41) is 12.4. The lowest BCUT2D eigenvalue weighted by atomic mass is 10.00. The highest BCUT2D eigenvalue weighted by atomic mass is 35.5. The number of benzene rings is 4. The van der Waals surface area contributed by atoms with Crippen molar-refractivity contribution in [2.75, 3.05) is 7.11 Å². The number of hydrogen-bond donors (Lipinski definition) is 0. The summed E-state index contributed by atoms with van der Waals surface area (Å²) in [7, 11) is 1.58. The molecule has 0 radical (unpaired) electrons. The van der Waals surface area contributed by atoms with Gasteiger partial charge in [-0.15, -0.1) is 0 Å². The lowest BCUT2D eigenvalue weighted by molar-refractivity contribution is 0.284. The first kappa shape index (κ1) is 21.5. The lowest BCUT2D eigenvalue weighted by Crippen LogP contribution is -1.99. The predicted molar refractivity (Wildman–Crippen MR) is 131 cm³/mol. The number of halogens is 1. The molecular formula is C28H22ClNO2. The molecule has 4 rings (SSSR count). The number of methoxy groups -OCH3 is 1. The monoisotopic (exact) mass is 439 g/mol. The third-order valence-electron chi connectivity index (χ3n) is 5.25. The van der Waals surface area contributed by atoms with E-state index in [0.717, 1.165) is 27.5 Å². The third-order valence-corrected chi connectivity index (χ3v) is 5.53. The first-order valence-corrected chi connectivity index (χ1v) is 10.6. The lowest BCUT2D eigenvalue weighted by Gasteiger charge is -2.14. The zero-order valence-corrected chi connectivity index (χ0v) is 18.7. The van der Waals surface area contributed by atoms with Gasteiger partial charge in [-0.05, 0) is 58.7 Å². The van der Waals surface area contributed by atoms with Crippen molar-refractivity contribution >= 4 is 34.0 Å². The van der Waals surface area contributed by atoms with E-state index in [1.807, 2.05) is 79.7 Å². The van der Waals surface area contributed by atoms with Crippen LogP contribution in [0.15, 0.2) is 78.9 Å². The number of hydrogen-bond acceptors (Lipinski definition) is 3. The van der Waals surface area contributed by atoms with Crippen LogP contribution < -0.4 is 9.47 Å². The Balaban J connectivity index is 1.63. The Morgan fingerprint density at radius 2 is 1.72 bits per heavy atom. The molecule has 0 unspecified atom stereocenters. The van der Waals surface area contributed by atoms with Crippen molar-refractivity contribution in [3.63, 3.8) is 0 Å². The van der Waals surface area contributed by atoms with E-state index < -0.39 is 0 Å². The molecule has 4 aromatic carbocycles. The molecule has 32 heavy (non-hydrogen) atoms. The highest BCUT2D eigenvalue weighted by Gasteiger charge is 2.13. The van der Waals surface area contributed by atoms with Gasteiger partial charge in [0.1, 0.15) is 6.61 Å². The first-order chi connectivity index (χ1) is 15.6. The van der Waals surface area contributed by atoms with E-state index in [4.69, 9.17) is 21.1 Å². The van der Waals surface area contributed by atoms with Crippen LogP contribution in [-0.2, 0) is 6.61 Å². The van der Waals surface area contributed by atoms with Crippen LogP contribution in [-0.4, -0.2) is 7.11 Å². The summed E-state index contributed by atoms with van der Waals surface area (Å²) in [6.07, 6.45) is 1.81. The zero-order valence-electron chi connectivity index (χ0n) is 17.9. The quantitative estimate of drug-likeness (QED) is 0.231. The molecule has 0 saturated carbocycles. The maximum atomic E-state index is 9.79. The Hall–Kier alpha value is -3.74. The van der Waals surface area contributed by atoms with Crippen LogP contribution in [0.2, 0.25) is 5.02 Å². The minimum absolute atomic E-state index is 0.381. The molecule has 4 aromatic rings. The topological polar surface area (TPSA) is 42.2 Å². The smallest absolute Gasteiger partial charge is 0.180 e. The van der Waals surface area contributed by atoms with Gasteiger partial charge in [0.2, 0.25) is 0 Å². The predicted octanol–water partition coefficient (Wildman–Crippen LogP) is 7.45. The minimum Gasteiger partial charge on any atom is -0.493 e. The van der Waals surface area contributed by atoms with Crippen LogP contribution in [0.5, 0.6) is 11.5 Å². The molecule has 0 bridgehead atoms. The van der Waals surface area contributed by atoms with Crippen LogP contribution in [0, 0.1) is 18.3 Å². The molecule has 0 aliphatic heterocycles. The molecular weight excluding hydrogens is 418 g/mol. The Morgan fingerprint density at radius 1 is 0.969 bits per heavy atom. The summed E-state index contributed by atoms with van der Waals surface area (Å²) >= 11 is 6.54. The van der Waals surface area contributed by atoms with Gasteiger partial charge in [-0.2, -0.15) is 5.26 Å². The van der Waals surface area contributed by atoms with Gasteiger partial charge in [0.25, 0.3) is 0 Å².